The van der Waals surface area contributed by atoms with E-state index in [0.717, 1.165) is 160 Å². The number of nitrogens with zero attached hydrogens (tertiary/aromatic N) is 16. The average molecular weight is 1520 g/mol. The maximum absolute atomic E-state index is 15.3. The summed E-state index contributed by atoms with van der Waals surface area (Å²) in [6, 6.07) is 21.3. The molecular formula is C83H81F3N16O8S. The van der Waals surface area contributed by atoms with Gasteiger partial charge in [0.15, 0.2) is 46.1 Å². The number of morpholine rings is 3. The molecule has 0 N–H and O–H groups in total. The smallest absolute Gasteiger partial charge is 0.236 e. The number of carbonyl (C=O) groups is 1. The molecular weight excluding hydrogens is 1440 g/mol. The number of methoxy groups -OCH3 is 2. The van der Waals surface area contributed by atoms with Crippen LogP contribution in [0.2, 0.25) is 0 Å². The second-order valence-electron chi connectivity index (χ2n) is 29.4. The molecule has 6 aliphatic heterocycles. The van der Waals surface area contributed by atoms with Crippen LogP contribution < -0.4 is 14.7 Å². The van der Waals surface area contributed by atoms with Crippen molar-refractivity contribution in [1.82, 2.24) is 64.5 Å². The summed E-state index contributed by atoms with van der Waals surface area (Å²) in [6.45, 7) is 18.4. The zero-order chi connectivity index (χ0) is 75.0. The van der Waals surface area contributed by atoms with E-state index in [4.69, 9.17) is 67.4 Å². The number of piperazine rings is 1. The van der Waals surface area contributed by atoms with Crippen LogP contribution in [-0.4, -0.2) is 228 Å². The molecule has 0 atom stereocenters. The van der Waals surface area contributed by atoms with Gasteiger partial charge >= 0.3 is 0 Å². The second kappa shape index (κ2) is 30.1. The molecule has 21 rings (SSSR count). The summed E-state index contributed by atoms with van der Waals surface area (Å²) in [6.07, 6.45) is 15.4. The molecule has 6 saturated heterocycles. The Hall–Kier alpha value is -10.3. The standard InChI is InChI=1S/C29H29FN6O3.C27H26FN5O3.C27H26FN5O2S/c1-2-35-9-8-34(17-23(35)37)16-18-14-21-25-26(39-29(21)31-15-18)28(36-10-12-38-13-11-36)33-27(32-25)24-20-5-3-4-19(20)6-7-22(24)30;2*1-34-18-14-32(15-18)13-16-11-20-23-24(36-27(20)29-12-16)26(33-7-9-35-10-8-33)31-25(30-23)19-4-2-3-17-5-6-21(28)22(17)19/h3,5-7,14-15H,2,4,8-13,16-17H2,1H3;2*2-4,6,11-12,18H,5,7-10,13-15H2,1H3. The fourth-order valence-corrected chi connectivity index (χ4v) is 17.6. The summed E-state index contributed by atoms with van der Waals surface area (Å²) in [5.74, 6) is 2.96. The van der Waals surface area contributed by atoms with Crippen molar-refractivity contribution >= 4 is 117 Å². The van der Waals surface area contributed by atoms with Gasteiger partial charge in [0.1, 0.15) is 33.3 Å². The molecule has 24 nitrogen and oxygen atoms in total. The lowest BCUT2D eigenvalue weighted by molar-refractivity contribution is -0.135. The average Bonchev–Trinajstić information content (AvgIpc) is 1.59. The molecule has 12 aromatic rings. The molecule has 3 aliphatic carbocycles. The number of hydrogen-bond acceptors (Lipinski definition) is 24. The number of pyridine rings is 3. The summed E-state index contributed by atoms with van der Waals surface area (Å²) in [4.78, 5) is 72.4. The first-order chi connectivity index (χ1) is 54.4. The third-order valence-electron chi connectivity index (χ3n) is 22.5. The lowest BCUT2D eigenvalue weighted by Crippen LogP contribution is -2.50. The molecule has 1 amide bonds. The van der Waals surface area contributed by atoms with Gasteiger partial charge in [0.2, 0.25) is 17.3 Å². The quantitative estimate of drug-likeness (QED) is 0.0929. The summed E-state index contributed by atoms with van der Waals surface area (Å²) >= 11 is 1.63. The zero-order valence-corrected chi connectivity index (χ0v) is 62.7. The van der Waals surface area contributed by atoms with Crippen LogP contribution in [0.25, 0.3) is 117 Å². The number of anilines is 3. The zero-order valence-electron chi connectivity index (χ0n) is 61.9. The predicted octanol–water partition coefficient (Wildman–Crippen LogP) is 12.1. The highest BCUT2D eigenvalue weighted by atomic mass is 32.1. The van der Waals surface area contributed by atoms with Gasteiger partial charge in [-0.05, 0) is 102 Å². The fourth-order valence-electron chi connectivity index (χ4n) is 16.5. The third kappa shape index (κ3) is 13.6. The van der Waals surface area contributed by atoms with E-state index in [1.165, 1.54) is 6.07 Å². The minimum atomic E-state index is -0.352. The van der Waals surface area contributed by atoms with Crippen molar-refractivity contribution < 1.29 is 50.5 Å². The predicted molar refractivity (Wildman–Crippen MR) is 420 cm³/mol. The summed E-state index contributed by atoms with van der Waals surface area (Å²) in [5, 5.41) is 2.62. The molecule has 568 valence electrons. The number of furan rings is 2. The molecule has 0 saturated carbocycles. The van der Waals surface area contributed by atoms with Gasteiger partial charge in [-0.1, -0.05) is 54.6 Å². The van der Waals surface area contributed by atoms with Crippen molar-refractivity contribution in [1.29, 1.82) is 0 Å². The van der Waals surface area contributed by atoms with E-state index in [-0.39, 0.29) is 23.4 Å². The molecule has 0 spiro atoms. The van der Waals surface area contributed by atoms with Crippen LogP contribution in [0.3, 0.4) is 0 Å². The number of fused-ring (bicyclic) bond motifs is 12. The number of carbonyl (C=O) groups excluding carboxylic acids is 1. The molecule has 111 heavy (non-hydrogen) atoms. The monoisotopic (exact) mass is 1520 g/mol. The highest BCUT2D eigenvalue weighted by Crippen LogP contribution is 2.45. The Morgan fingerprint density at radius 2 is 1.01 bits per heavy atom. The van der Waals surface area contributed by atoms with Crippen LogP contribution in [0.4, 0.5) is 30.6 Å². The molecule has 9 aliphatic rings. The Morgan fingerprint density at radius 3 is 1.55 bits per heavy atom. The lowest BCUT2D eigenvalue weighted by Gasteiger charge is -2.38. The van der Waals surface area contributed by atoms with Gasteiger partial charge in [0.05, 0.1) is 84.9 Å². The Labute approximate surface area is 640 Å². The van der Waals surface area contributed by atoms with E-state index in [0.29, 0.717) is 189 Å². The van der Waals surface area contributed by atoms with Crippen molar-refractivity contribution in [3.8, 4) is 34.2 Å². The van der Waals surface area contributed by atoms with Gasteiger partial charge in [-0.3, -0.25) is 19.5 Å². The minimum absolute atomic E-state index is 0.144. The number of amides is 1. The van der Waals surface area contributed by atoms with Crippen molar-refractivity contribution in [2.24, 2.45) is 0 Å². The van der Waals surface area contributed by atoms with Crippen LogP contribution in [-0.2, 0) is 67.4 Å². The number of rotatable bonds is 15. The van der Waals surface area contributed by atoms with E-state index in [2.05, 4.69) is 51.5 Å². The lowest BCUT2D eigenvalue weighted by atomic mass is 10.0. The number of likely N-dealkylation sites (N-methyl/N-ethyl adjacent to an activating group) is 1. The topological polar surface area (TPSA) is 228 Å². The maximum atomic E-state index is 15.3. The van der Waals surface area contributed by atoms with Gasteiger partial charge in [-0.15, -0.1) is 11.3 Å². The number of ether oxygens (including phenoxy) is 5. The molecule has 28 heteroatoms. The van der Waals surface area contributed by atoms with Crippen LogP contribution in [0.5, 0.6) is 0 Å². The Bertz CT molecular complexity index is 5520. The highest BCUT2D eigenvalue weighted by Gasteiger charge is 2.34. The van der Waals surface area contributed by atoms with Crippen LogP contribution in [0.15, 0.2) is 112 Å². The fraction of sp³-hybridized carbons (Fsp3) is 0.373. The number of hydrogen-bond donors (Lipinski definition) is 0. The van der Waals surface area contributed by atoms with Crippen molar-refractivity contribution in [3.63, 3.8) is 0 Å². The van der Waals surface area contributed by atoms with Crippen LogP contribution in [0.1, 0.15) is 57.0 Å². The van der Waals surface area contributed by atoms with Crippen molar-refractivity contribution in [3.05, 3.63) is 159 Å². The number of aromatic nitrogens is 9. The first-order valence-electron chi connectivity index (χ1n) is 38.2. The van der Waals surface area contributed by atoms with Gasteiger partial charge in [0, 0.05) is 165 Å². The molecule has 15 heterocycles. The summed E-state index contributed by atoms with van der Waals surface area (Å²) in [7, 11) is 3.51. The SMILES string of the molecule is CCN1CCN(Cc2cnc3oc4c(N5CCOCC5)nc(-c5c(F)ccc6c5C=CC6)nc4c3c2)CC1=O.COC1CN(Cc2cnc3oc4c(N5CCOCC5)nc(-c5cccc6c5C(F)=CC6)nc4c3c2)C1.COC1CN(Cc2cnc3sc4c(N5CCOCC5)nc(-c5cccc6c5C(F)=CC6)nc4c3c2)C1. The molecule has 0 bridgehead atoms. The number of benzene rings is 3. The highest BCUT2D eigenvalue weighted by molar-refractivity contribution is 7.26. The normalized spacial score (nSPS) is 18.4. The van der Waals surface area contributed by atoms with Gasteiger partial charge in [0.25, 0.3) is 0 Å². The van der Waals surface area contributed by atoms with Crippen LogP contribution >= 0.6 is 11.3 Å². The van der Waals surface area contributed by atoms with E-state index in [9.17, 15) is 13.6 Å². The first-order valence-corrected chi connectivity index (χ1v) is 39.0. The Balaban J connectivity index is 0.000000113. The van der Waals surface area contributed by atoms with Gasteiger partial charge in [-0.2, -0.15) is 0 Å². The van der Waals surface area contributed by atoms with Crippen molar-refractivity contribution in [2.75, 3.05) is 160 Å². The maximum Gasteiger partial charge on any atom is 0.236 e. The molecule has 3 aromatic carbocycles. The van der Waals surface area contributed by atoms with Crippen molar-refractivity contribution in [2.45, 2.75) is 58.0 Å². The van der Waals surface area contributed by atoms with Crippen LogP contribution in [0, 0.1) is 5.82 Å². The molecule has 0 radical (unpaired) electrons. The Kier molecular flexibility index (Phi) is 19.3. The van der Waals surface area contributed by atoms with E-state index in [1.807, 2.05) is 84.9 Å². The first kappa shape index (κ1) is 71.1. The third-order valence-corrected chi connectivity index (χ3v) is 23.6. The van der Waals surface area contributed by atoms with E-state index < -0.39 is 0 Å². The van der Waals surface area contributed by atoms with Gasteiger partial charge < -0.3 is 52.1 Å². The molecule has 6 fully saturated rings. The summed E-state index contributed by atoms with van der Waals surface area (Å²) < 4.78 is 86.1. The Morgan fingerprint density at radius 1 is 0.514 bits per heavy atom. The number of allylic oxidation sites excluding steroid dienone is 3. The number of thiophene rings is 1. The summed E-state index contributed by atoms with van der Waals surface area (Å²) in [5.41, 5.74) is 14.4. The number of halogens is 3. The second-order valence-corrected chi connectivity index (χ2v) is 30.4. The number of likely N-dealkylation sites (tertiary alicyclic amines) is 2. The van der Waals surface area contributed by atoms with E-state index >= 15 is 4.39 Å². The van der Waals surface area contributed by atoms with Gasteiger partial charge in [-0.25, -0.2) is 58.0 Å². The molecule has 9 aromatic heterocycles. The minimum Gasteiger partial charge on any atom is -0.432 e. The van der Waals surface area contributed by atoms with E-state index in [1.54, 1.807) is 43.9 Å². The largest absolute Gasteiger partial charge is 0.432 e. The molecule has 0 unspecified atom stereocenters.